The van der Waals surface area contributed by atoms with Gasteiger partial charge in [0.2, 0.25) is 5.91 Å². The van der Waals surface area contributed by atoms with Crippen molar-refractivity contribution in [2.24, 2.45) is 0 Å². The Bertz CT molecular complexity index is 313. The number of carbonyl (C=O) groups excluding carboxylic acids is 1. The Morgan fingerprint density at radius 2 is 2.21 bits per heavy atom. The van der Waals surface area contributed by atoms with Gasteiger partial charge < -0.3 is 4.52 Å². The first-order valence-corrected chi connectivity index (χ1v) is 4.28. The Kier molecular flexibility index (Phi) is 3.24. The predicted octanol–water partition coefficient (Wildman–Crippen LogP) is 0.854. The fraction of sp³-hybridized carbons (Fsp3) is 0.556. The molecule has 0 bridgehead atoms. The molecule has 0 radical (unpaired) electrons. The van der Waals surface area contributed by atoms with Crippen LogP contribution in [0.25, 0.3) is 0 Å². The molecule has 1 aromatic heterocycles. The van der Waals surface area contributed by atoms with Gasteiger partial charge in [0.05, 0.1) is 19.2 Å². The SMILES string of the molecule is CON(C)C(=O)Cc1c(C)noc1C. The molecule has 0 fully saturated rings. The van der Waals surface area contributed by atoms with Gasteiger partial charge in [0.1, 0.15) is 5.76 Å². The second-order valence-electron chi connectivity index (χ2n) is 3.05. The smallest absolute Gasteiger partial charge is 0.250 e. The van der Waals surface area contributed by atoms with Gasteiger partial charge in [-0.2, -0.15) is 0 Å². The lowest BCUT2D eigenvalue weighted by Gasteiger charge is -2.12. The first-order valence-electron chi connectivity index (χ1n) is 4.28. The normalized spacial score (nSPS) is 10.3. The average Bonchev–Trinajstić information content (AvgIpc) is 2.48. The summed E-state index contributed by atoms with van der Waals surface area (Å²) in [6, 6.07) is 0. The molecule has 0 aliphatic carbocycles. The molecule has 0 unspecified atom stereocenters. The van der Waals surface area contributed by atoms with Gasteiger partial charge in [0.25, 0.3) is 0 Å². The molecule has 0 N–H and O–H groups in total. The van der Waals surface area contributed by atoms with Crippen molar-refractivity contribution in [1.29, 1.82) is 0 Å². The van der Waals surface area contributed by atoms with Crippen molar-refractivity contribution in [2.75, 3.05) is 14.2 Å². The number of nitrogens with zero attached hydrogens (tertiary/aromatic N) is 2. The second kappa shape index (κ2) is 4.23. The Balaban J connectivity index is 2.74. The summed E-state index contributed by atoms with van der Waals surface area (Å²) in [4.78, 5) is 16.3. The molecule has 0 atom stereocenters. The van der Waals surface area contributed by atoms with Crippen LogP contribution in [-0.2, 0) is 16.1 Å². The van der Waals surface area contributed by atoms with Crippen LogP contribution < -0.4 is 0 Å². The van der Waals surface area contributed by atoms with E-state index in [0.29, 0.717) is 5.76 Å². The number of aromatic nitrogens is 1. The average molecular weight is 198 g/mol. The maximum Gasteiger partial charge on any atom is 0.250 e. The third-order valence-corrected chi connectivity index (χ3v) is 2.13. The highest BCUT2D eigenvalue weighted by molar-refractivity contribution is 5.77. The quantitative estimate of drug-likeness (QED) is 0.676. The molecule has 0 aromatic carbocycles. The molecule has 0 aliphatic heterocycles. The molecule has 1 rings (SSSR count). The van der Waals surface area contributed by atoms with Gasteiger partial charge in [0, 0.05) is 12.6 Å². The molecule has 1 amide bonds. The lowest BCUT2D eigenvalue weighted by atomic mass is 10.1. The standard InChI is InChI=1S/C9H14N2O3/c1-6-8(7(2)14-10-6)5-9(12)11(3)13-4/h5H2,1-4H3. The fourth-order valence-corrected chi connectivity index (χ4v) is 1.12. The molecule has 5 nitrogen and oxygen atoms in total. The summed E-state index contributed by atoms with van der Waals surface area (Å²) < 4.78 is 4.95. The van der Waals surface area contributed by atoms with E-state index in [1.807, 2.05) is 6.92 Å². The van der Waals surface area contributed by atoms with E-state index < -0.39 is 0 Å². The lowest BCUT2D eigenvalue weighted by Crippen LogP contribution is -2.27. The maximum absolute atomic E-state index is 11.5. The summed E-state index contributed by atoms with van der Waals surface area (Å²) in [5.41, 5.74) is 1.58. The van der Waals surface area contributed by atoms with E-state index in [1.165, 1.54) is 12.2 Å². The molecule has 78 valence electrons. The minimum absolute atomic E-state index is 0.123. The highest BCUT2D eigenvalue weighted by Crippen LogP contribution is 2.13. The third kappa shape index (κ3) is 2.11. The minimum Gasteiger partial charge on any atom is -0.361 e. The van der Waals surface area contributed by atoms with Gasteiger partial charge >= 0.3 is 0 Å². The summed E-state index contributed by atoms with van der Waals surface area (Å²) in [6.45, 7) is 3.60. The fourth-order valence-electron chi connectivity index (χ4n) is 1.12. The summed E-state index contributed by atoms with van der Waals surface area (Å²) in [5.74, 6) is 0.558. The number of amides is 1. The highest BCUT2D eigenvalue weighted by Gasteiger charge is 2.15. The van der Waals surface area contributed by atoms with Crippen molar-refractivity contribution in [3.8, 4) is 0 Å². The molecule has 1 heterocycles. The van der Waals surface area contributed by atoms with Crippen molar-refractivity contribution < 1.29 is 14.2 Å². The van der Waals surface area contributed by atoms with Crippen LogP contribution in [0.5, 0.6) is 0 Å². The number of hydroxylamine groups is 2. The molecule has 0 saturated carbocycles. The van der Waals surface area contributed by atoms with Crippen molar-refractivity contribution in [3.63, 3.8) is 0 Å². The molecule has 1 aromatic rings. The zero-order chi connectivity index (χ0) is 10.7. The van der Waals surface area contributed by atoms with Crippen LogP contribution in [0.1, 0.15) is 17.0 Å². The number of hydrogen-bond acceptors (Lipinski definition) is 4. The number of rotatable bonds is 3. The molecule has 0 spiro atoms. The molecular formula is C9H14N2O3. The summed E-state index contributed by atoms with van der Waals surface area (Å²) in [5, 5.41) is 4.95. The van der Waals surface area contributed by atoms with Crippen molar-refractivity contribution in [1.82, 2.24) is 10.2 Å². The van der Waals surface area contributed by atoms with Gasteiger partial charge in [-0.1, -0.05) is 5.16 Å². The highest BCUT2D eigenvalue weighted by atomic mass is 16.7. The van der Waals surface area contributed by atoms with E-state index in [4.69, 9.17) is 9.36 Å². The first kappa shape index (κ1) is 10.7. The molecule has 14 heavy (non-hydrogen) atoms. The van der Waals surface area contributed by atoms with Gasteiger partial charge in [0.15, 0.2) is 0 Å². The van der Waals surface area contributed by atoms with Crippen molar-refractivity contribution in [2.45, 2.75) is 20.3 Å². The monoisotopic (exact) mass is 198 g/mol. The number of aryl methyl sites for hydroxylation is 2. The molecular weight excluding hydrogens is 184 g/mol. The van der Waals surface area contributed by atoms with Crippen LogP contribution in [0.15, 0.2) is 4.52 Å². The van der Waals surface area contributed by atoms with E-state index in [9.17, 15) is 4.79 Å². The van der Waals surface area contributed by atoms with Crippen LogP contribution in [-0.4, -0.2) is 30.3 Å². The molecule has 0 aliphatic rings. The topological polar surface area (TPSA) is 55.6 Å². The van der Waals surface area contributed by atoms with E-state index >= 15 is 0 Å². The van der Waals surface area contributed by atoms with Gasteiger partial charge in [-0.3, -0.25) is 9.63 Å². The van der Waals surface area contributed by atoms with Gasteiger partial charge in [-0.25, -0.2) is 5.06 Å². The van der Waals surface area contributed by atoms with Crippen LogP contribution >= 0.6 is 0 Å². The van der Waals surface area contributed by atoms with Crippen molar-refractivity contribution in [3.05, 3.63) is 17.0 Å². The number of carbonyl (C=O) groups is 1. The summed E-state index contributed by atoms with van der Waals surface area (Å²) >= 11 is 0. The second-order valence-corrected chi connectivity index (χ2v) is 3.05. The lowest BCUT2D eigenvalue weighted by molar-refractivity contribution is -0.167. The first-order chi connectivity index (χ1) is 6.56. The van der Waals surface area contributed by atoms with Crippen LogP contribution in [0, 0.1) is 13.8 Å². The van der Waals surface area contributed by atoms with Crippen LogP contribution in [0.3, 0.4) is 0 Å². The van der Waals surface area contributed by atoms with Crippen molar-refractivity contribution >= 4 is 5.91 Å². The van der Waals surface area contributed by atoms with Crippen LogP contribution in [0.4, 0.5) is 0 Å². The van der Waals surface area contributed by atoms with E-state index in [-0.39, 0.29) is 12.3 Å². The zero-order valence-corrected chi connectivity index (χ0v) is 8.83. The predicted molar refractivity (Wildman–Crippen MR) is 49.5 cm³/mol. The van der Waals surface area contributed by atoms with E-state index in [1.54, 1.807) is 14.0 Å². The Labute approximate surface area is 82.6 Å². The molecule has 0 saturated heterocycles. The Hall–Kier alpha value is -1.36. The Morgan fingerprint density at radius 1 is 1.57 bits per heavy atom. The largest absolute Gasteiger partial charge is 0.361 e. The van der Waals surface area contributed by atoms with E-state index in [2.05, 4.69) is 5.16 Å². The van der Waals surface area contributed by atoms with Gasteiger partial charge in [-0.15, -0.1) is 0 Å². The number of likely N-dealkylation sites (N-methyl/N-ethyl adjacent to an activating group) is 1. The zero-order valence-electron chi connectivity index (χ0n) is 8.83. The van der Waals surface area contributed by atoms with Crippen LogP contribution in [0.2, 0.25) is 0 Å². The molecule has 5 heteroatoms. The maximum atomic E-state index is 11.5. The number of hydrogen-bond donors (Lipinski definition) is 0. The summed E-state index contributed by atoms with van der Waals surface area (Å²) in [6.07, 6.45) is 0.255. The minimum atomic E-state index is -0.123. The Morgan fingerprint density at radius 3 is 2.64 bits per heavy atom. The third-order valence-electron chi connectivity index (χ3n) is 2.13. The van der Waals surface area contributed by atoms with E-state index in [0.717, 1.165) is 11.3 Å². The van der Waals surface area contributed by atoms with Gasteiger partial charge in [-0.05, 0) is 13.8 Å². The summed E-state index contributed by atoms with van der Waals surface area (Å²) in [7, 11) is 3.02.